The molecule has 5 atom stereocenters. The fraction of sp³-hybridized carbons (Fsp3) is 0.733. The highest BCUT2D eigenvalue weighted by atomic mass is 35.5. The zero-order valence-corrected chi connectivity index (χ0v) is 13.7. The third-order valence-electron chi connectivity index (χ3n) is 4.25. The van der Waals surface area contributed by atoms with Crippen LogP contribution in [0.1, 0.15) is 45.0 Å². The van der Waals surface area contributed by atoms with Crippen LogP contribution in [-0.4, -0.2) is 18.8 Å². The van der Waals surface area contributed by atoms with Crippen molar-refractivity contribution in [3.05, 3.63) is 21.3 Å². The topological polar surface area (TPSA) is 21.3 Å². The van der Waals surface area contributed by atoms with Gasteiger partial charge in [0.05, 0.1) is 17.2 Å². The first-order valence-electron chi connectivity index (χ1n) is 7.18. The second-order valence-electron chi connectivity index (χ2n) is 5.55. The Morgan fingerprint density at radius 3 is 2.58 bits per heavy atom. The van der Waals surface area contributed by atoms with Gasteiger partial charge in [-0.25, -0.2) is 0 Å². The second-order valence-corrected chi connectivity index (χ2v) is 6.90. The molecule has 0 amide bonds. The fourth-order valence-electron chi connectivity index (χ4n) is 3.10. The van der Waals surface area contributed by atoms with Crippen molar-refractivity contribution in [2.75, 3.05) is 6.54 Å². The van der Waals surface area contributed by atoms with Crippen molar-refractivity contribution in [2.24, 2.45) is 11.8 Å². The van der Waals surface area contributed by atoms with Gasteiger partial charge in [0.1, 0.15) is 0 Å². The average Bonchev–Trinajstić information content (AvgIpc) is 2.88. The van der Waals surface area contributed by atoms with Crippen molar-refractivity contribution in [1.82, 2.24) is 5.32 Å². The molecule has 1 saturated heterocycles. The molecule has 0 spiro atoms. The van der Waals surface area contributed by atoms with E-state index in [4.69, 9.17) is 16.3 Å². The zero-order valence-electron chi connectivity index (χ0n) is 12.2. The summed E-state index contributed by atoms with van der Waals surface area (Å²) in [5.74, 6) is 1.03. The molecule has 0 saturated carbocycles. The van der Waals surface area contributed by atoms with E-state index in [1.54, 1.807) is 11.3 Å². The Bertz CT molecular complexity index is 409. The van der Waals surface area contributed by atoms with Crippen molar-refractivity contribution >= 4 is 22.9 Å². The molecule has 4 heteroatoms. The van der Waals surface area contributed by atoms with Gasteiger partial charge in [0.15, 0.2) is 0 Å². The molecule has 0 aliphatic carbocycles. The van der Waals surface area contributed by atoms with Gasteiger partial charge in [-0.15, -0.1) is 11.3 Å². The lowest BCUT2D eigenvalue weighted by molar-refractivity contribution is 0.0476. The highest BCUT2D eigenvalue weighted by Gasteiger charge is 2.42. The maximum atomic E-state index is 6.35. The van der Waals surface area contributed by atoms with Crippen LogP contribution >= 0.6 is 22.9 Å². The summed E-state index contributed by atoms with van der Waals surface area (Å²) >= 11 is 8.10. The molecule has 5 unspecified atom stereocenters. The van der Waals surface area contributed by atoms with Crippen LogP contribution in [0.4, 0.5) is 0 Å². The van der Waals surface area contributed by atoms with E-state index in [1.165, 1.54) is 4.88 Å². The zero-order chi connectivity index (χ0) is 14.0. The Kier molecular flexibility index (Phi) is 5.29. The predicted molar refractivity (Wildman–Crippen MR) is 83.0 cm³/mol. The summed E-state index contributed by atoms with van der Waals surface area (Å²) in [6.45, 7) is 9.87. The van der Waals surface area contributed by atoms with Crippen LogP contribution in [0.5, 0.6) is 0 Å². The Morgan fingerprint density at radius 2 is 2.11 bits per heavy atom. The third-order valence-corrected chi connectivity index (χ3v) is 5.69. The normalized spacial score (nSPS) is 32.7. The van der Waals surface area contributed by atoms with Gasteiger partial charge in [0, 0.05) is 16.8 Å². The van der Waals surface area contributed by atoms with Gasteiger partial charge in [0.25, 0.3) is 0 Å². The number of ether oxygens (including phenoxy) is 1. The van der Waals surface area contributed by atoms with Gasteiger partial charge < -0.3 is 10.1 Å². The number of nitrogens with one attached hydrogen (secondary N) is 1. The summed E-state index contributed by atoms with van der Waals surface area (Å²) in [7, 11) is 0. The van der Waals surface area contributed by atoms with Gasteiger partial charge in [-0.05, 0) is 44.2 Å². The minimum atomic E-state index is 0.275. The molecule has 2 nitrogen and oxygen atoms in total. The molecule has 1 aromatic rings. The molecule has 1 fully saturated rings. The quantitative estimate of drug-likeness (QED) is 0.864. The average molecular weight is 302 g/mol. The van der Waals surface area contributed by atoms with Crippen molar-refractivity contribution in [1.29, 1.82) is 0 Å². The predicted octanol–water partition coefficient (Wildman–Crippen LogP) is 4.50. The van der Waals surface area contributed by atoms with Gasteiger partial charge in [-0.1, -0.05) is 25.4 Å². The van der Waals surface area contributed by atoms with E-state index in [2.05, 4.69) is 38.4 Å². The van der Waals surface area contributed by atoms with Crippen molar-refractivity contribution < 1.29 is 4.74 Å². The van der Waals surface area contributed by atoms with E-state index < -0.39 is 0 Å². The van der Waals surface area contributed by atoms with Gasteiger partial charge >= 0.3 is 0 Å². The van der Waals surface area contributed by atoms with E-state index in [9.17, 15) is 0 Å². The molecule has 19 heavy (non-hydrogen) atoms. The van der Waals surface area contributed by atoms with E-state index in [0.29, 0.717) is 24.0 Å². The van der Waals surface area contributed by atoms with E-state index in [-0.39, 0.29) is 6.10 Å². The van der Waals surface area contributed by atoms with Gasteiger partial charge in [0.2, 0.25) is 0 Å². The second kappa shape index (κ2) is 6.57. The summed E-state index contributed by atoms with van der Waals surface area (Å²) in [5.41, 5.74) is 0. The minimum absolute atomic E-state index is 0.275. The molecule has 2 heterocycles. The van der Waals surface area contributed by atoms with Crippen LogP contribution in [0.3, 0.4) is 0 Å². The van der Waals surface area contributed by atoms with Gasteiger partial charge in [-0.3, -0.25) is 0 Å². The Balaban J connectivity index is 2.25. The number of hydrogen-bond acceptors (Lipinski definition) is 3. The lowest BCUT2D eigenvalue weighted by Gasteiger charge is -2.29. The van der Waals surface area contributed by atoms with Crippen molar-refractivity contribution in [3.8, 4) is 0 Å². The maximum Gasteiger partial charge on any atom is 0.0600 e. The van der Waals surface area contributed by atoms with Crippen LogP contribution in [0.15, 0.2) is 11.4 Å². The first-order valence-corrected chi connectivity index (χ1v) is 8.43. The summed E-state index contributed by atoms with van der Waals surface area (Å²) < 4.78 is 6.01. The summed E-state index contributed by atoms with van der Waals surface area (Å²) in [5, 5.41) is 6.64. The van der Waals surface area contributed by atoms with Crippen LogP contribution in [0, 0.1) is 11.8 Å². The molecule has 1 aromatic heterocycles. The largest absolute Gasteiger partial charge is 0.375 e. The number of halogens is 1. The van der Waals surface area contributed by atoms with Crippen LogP contribution < -0.4 is 5.32 Å². The van der Waals surface area contributed by atoms with E-state index in [0.717, 1.165) is 18.0 Å². The first-order chi connectivity index (χ1) is 9.06. The molecule has 0 aromatic carbocycles. The van der Waals surface area contributed by atoms with Crippen LogP contribution in [0.2, 0.25) is 5.02 Å². The van der Waals surface area contributed by atoms with E-state index >= 15 is 0 Å². The SMILES string of the molecule is CCCNC(c1sccc1Cl)C1C(C)OC(C)C1C. The monoisotopic (exact) mass is 301 g/mol. The molecule has 1 N–H and O–H groups in total. The number of rotatable bonds is 5. The summed E-state index contributed by atoms with van der Waals surface area (Å²) in [6.07, 6.45) is 1.73. The maximum absolute atomic E-state index is 6.35. The molecule has 1 aliphatic rings. The lowest BCUT2D eigenvalue weighted by Crippen LogP contribution is -2.35. The molecule has 0 bridgehead atoms. The molecular weight excluding hydrogens is 278 g/mol. The third kappa shape index (κ3) is 3.15. The number of thiophene rings is 1. The summed E-state index contributed by atoms with van der Waals surface area (Å²) in [6, 6.07) is 2.30. The standard InChI is InChI=1S/C15H24ClNOS/c1-5-7-17-14(15-12(16)6-8-19-15)13-9(2)10(3)18-11(13)4/h6,8-11,13-14,17H,5,7H2,1-4H3. The Morgan fingerprint density at radius 1 is 1.37 bits per heavy atom. The highest BCUT2D eigenvalue weighted by molar-refractivity contribution is 7.10. The summed E-state index contributed by atoms with van der Waals surface area (Å²) in [4.78, 5) is 1.26. The van der Waals surface area contributed by atoms with Crippen LogP contribution in [-0.2, 0) is 4.74 Å². The molecular formula is C15H24ClNOS. The van der Waals surface area contributed by atoms with Crippen molar-refractivity contribution in [2.45, 2.75) is 52.4 Å². The van der Waals surface area contributed by atoms with Gasteiger partial charge in [-0.2, -0.15) is 0 Å². The highest BCUT2D eigenvalue weighted by Crippen LogP contribution is 2.43. The minimum Gasteiger partial charge on any atom is -0.375 e. The van der Waals surface area contributed by atoms with Crippen LogP contribution in [0.25, 0.3) is 0 Å². The smallest absolute Gasteiger partial charge is 0.0600 e. The Hall–Kier alpha value is -0.0900. The van der Waals surface area contributed by atoms with Crippen molar-refractivity contribution in [3.63, 3.8) is 0 Å². The Labute approximate surface area is 125 Å². The number of hydrogen-bond donors (Lipinski definition) is 1. The molecule has 2 rings (SSSR count). The lowest BCUT2D eigenvalue weighted by atomic mass is 9.82. The molecule has 1 aliphatic heterocycles. The fourth-order valence-corrected chi connectivity index (χ4v) is 4.41. The first kappa shape index (κ1) is 15.3. The molecule has 0 radical (unpaired) electrons. The molecule has 108 valence electrons. The van der Waals surface area contributed by atoms with E-state index in [1.807, 2.05) is 6.07 Å².